The largest absolute Gasteiger partial charge is 0.481 e. The van der Waals surface area contributed by atoms with Crippen LogP contribution in [0.25, 0.3) is 22.3 Å². The van der Waals surface area contributed by atoms with E-state index in [1.165, 1.54) is 0 Å². The highest BCUT2D eigenvalue weighted by molar-refractivity contribution is 5.99. The molecule has 262 valence electrons. The molecule has 0 aliphatic rings. The van der Waals surface area contributed by atoms with Gasteiger partial charge in [0.1, 0.15) is 11.5 Å². The Morgan fingerprint density at radius 3 is 1.02 bits per heavy atom. The van der Waals surface area contributed by atoms with Crippen LogP contribution in [-0.2, 0) is 9.59 Å². The SMILES string of the molecule is CCC(Oc1ccc(-c2ccccc2)cc1)C(=O)N(CCN(C(=O)C(CC)Oc1ccc(-c2ccccc2)cc1)c1ccccc1)c1ccccc1. The standard InChI is InChI=1S/C46H44N2O4/c1-3-43(51-41-29-25-37(26-30-41)35-17-9-5-10-18-35)45(49)47(39-21-13-7-14-22-39)33-34-48(40-23-15-8-16-24-40)46(50)44(4-2)52-42-31-27-38(28-32-42)36-19-11-6-12-20-36/h5-32,43-44H,3-4,33-34H2,1-2H3. The van der Waals surface area contributed by atoms with Gasteiger partial charge in [0.25, 0.3) is 11.8 Å². The lowest BCUT2D eigenvalue weighted by molar-refractivity contribution is -0.126. The first-order valence-corrected chi connectivity index (χ1v) is 17.9. The maximum absolute atomic E-state index is 14.3. The summed E-state index contributed by atoms with van der Waals surface area (Å²) in [6.45, 7) is 4.38. The molecule has 0 fully saturated rings. The minimum absolute atomic E-state index is 0.178. The summed E-state index contributed by atoms with van der Waals surface area (Å²) in [6.07, 6.45) is -0.513. The Hall–Kier alpha value is -6.14. The molecule has 2 amide bonds. The predicted molar refractivity (Wildman–Crippen MR) is 211 cm³/mol. The maximum Gasteiger partial charge on any atom is 0.268 e. The molecule has 6 nitrogen and oxygen atoms in total. The Morgan fingerprint density at radius 2 is 0.712 bits per heavy atom. The Kier molecular flexibility index (Phi) is 12.1. The summed E-state index contributed by atoms with van der Waals surface area (Å²) in [5.41, 5.74) is 5.83. The first-order chi connectivity index (χ1) is 25.5. The molecule has 6 heteroatoms. The van der Waals surface area contributed by atoms with Crippen LogP contribution in [0.4, 0.5) is 11.4 Å². The number of ether oxygens (including phenoxy) is 2. The molecule has 6 rings (SSSR count). The van der Waals surface area contributed by atoms with E-state index in [-0.39, 0.29) is 24.9 Å². The molecule has 0 spiro atoms. The van der Waals surface area contributed by atoms with Crippen molar-refractivity contribution in [2.45, 2.75) is 38.9 Å². The van der Waals surface area contributed by atoms with Crippen molar-refractivity contribution in [1.29, 1.82) is 0 Å². The van der Waals surface area contributed by atoms with Crippen molar-refractivity contribution >= 4 is 23.2 Å². The highest BCUT2D eigenvalue weighted by Crippen LogP contribution is 2.27. The fourth-order valence-electron chi connectivity index (χ4n) is 6.15. The molecule has 0 saturated carbocycles. The van der Waals surface area contributed by atoms with Crippen LogP contribution in [0.2, 0.25) is 0 Å². The number of carbonyl (C=O) groups excluding carboxylic acids is 2. The topological polar surface area (TPSA) is 59.1 Å². The van der Waals surface area contributed by atoms with Crippen LogP contribution in [0.1, 0.15) is 26.7 Å². The molecule has 52 heavy (non-hydrogen) atoms. The van der Waals surface area contributed by atoms with Crippen molar-refractivity contribution in [2.24, 2.45) is 0 Å². The van der Waals surface area contributed by atoms with Crippen LogP contribution in [0.3, 0.4) is 0 Å². The number of amides is 2. The zero-order valence-corrected chi connectivity index (χ0v) is 29.7. The number of hydrogen-bond donors (Lipinski definition) is 0. The molecule has 0 heterocycles. The van der Waals surface area contributed by atoms with Gasteiger partial charge in [0.05, 0.1) is 0 Å². The molecule has 0 radical (unpaired) electrons. The Morgan fingerprint density at radius 1 is 0.423 bits per heavy atom. The van der Waals surface area contributed by atoms with Crippen molar-refractivity contribution in [3.63, 3.8) is 0 Å². The van der Waals surface area contributed by atoms with E-state index in [0.717, 1.165) is 33.6 Å². The predicted octanol–water partition coefficient (Wildman–Crippen LogP) is 10.1. The zero-order valence-electron chi connectivity index (χ0n) is 29.7. The van der Waals surface area contributed by atoms with Gasteiger partial charge in [-0.3, -0.25) is 9.59 Å². The van der Waals surface area contributed by atoms with Gasteiger partial charge in [-0.05, 0) is 83.6 Å². The summed E-state index contributed by atoms with van der Waals surface area (Å²) in [4.78, 5) is 32.1. The minimum atomic E-state index is -0.728. The third kappa shape index (κ3) is 8.95. The summed E-state index contributed by atoms with van der Waals surface area (Å²) >= 11 is 0. The summed E-state index contributed by atoms with van der Waals surface area (Å²) in [7, 11) is 0. The second kappa shape index (κ2) is 17.7. The van der Waals surface area contributed by atoms with Crippen molar-refractivity contribution in [2.75, 3.05) is 22.9 Å². The molecule has 0 aromatic heterocycles. The van der Waals surface area contributed by atoms with E-state index in [0.29, 0.717) is 24.3 Å². The summed E-state index contributed by atoms with van der Waals surface area (Å²) < 4.78 is 12.6. The molecule has 6 aromatic carbocycles. The fourth-order valence-corrected chi connectivity index (χ4v) is 6.15. The van der Waals surface area contributed by atoms with Gasteiger partial charge in [-0.2, -0.15) is 0 Å². The molecule has 2 atom stereocenters. The van der Waals surface area contributed by atoms with Gasteiger partial charge >= 0.3 is 0 Å². The molecule has 0 bridgehead atoms. The van der Waals surface area contributed by atoms with E-state index in [2.05, 4.69) is 24.3 Å². The quantitative estimate of drug-likeness (QED) is 0.108. The van der Waals surface area contributed by atoms with E-state index in [9.17, 15) is 9.59 Å². The summed E-state index contributed by atoms with van der Waals surface area (Å²) in [5, 5.41) is 0. The molecule has 0 aliphatic heterocycles. The van der Waals surface area contributed by atoms with E-state index < -0.39 is 12.2 Å². The Bertz CT molecular complexity index is 1840. The van der Waals surface area contributed by atoms with Crippen molar-refractivity contribution in [3.05, 3.63) is 170 Å². The molecule has 2 unspecified atom stereocenters. The van der Waals surface area contributed by atoms with Gasteiger partial charge in [-0.25, -0.2) is 0 Å². The number of carbonyl (C=O) groups is 2. The summed E-state index contributed by atoms with van der Waals surface area (Å²) in [5.74, 6) is 0.883. The van der Waals surface area contributed by atoms with Gasteiger partial charge in [-0.1, -0.05) is 135 Å². The average molecular weight is 689 g/mol. The number of nitrogens with zero attached hydrogens (tertiary/aromatic N) is 2. The van der Waals surface area contributed by atoms with Crippen molar-refractivity contribution < 1.29 is 19.1 Å². The van der Waals surface area contributed by atoms with E-state index in [4.69, 9.17) is 9.47 Å². The molecule has 6 aromatic rings. The van der Waals surface area contributed by atoms with Gasteiger partial charge in [0.15, 0.2) is 12.2 Å². The number of rotatable bonds is 15. The zero-order chi connectivity index (χ0) is 36.1. The van der Waals surface area contributed by atoms with Crippen LogP contribution in [0.15, 0.2) is 170 Å². The van der Waals surface area contributed by atoms with Gasteiger partial charge in [0, 0.05) is 24.5 Å². The highest BCUT2D eigenvalue weighted by Gasteiger charge is 2.30. The third-order valence-electron chi connectivity index (χ3n) is 8.99. The summed E-state index contributed by atoms with van der Waals surface area (Å²) in [6, 6.07) is 55.0. The van der Waals surface area contributed by atoms with Gasteiger partial charge < -0.3 is 19.3 Å². The van der Waals surface area contributed by atoms with Crippen LogP contribution in [0, 0.1) is 0 Å². The second-order valence-corrected chi connectivity index (χ2v) is 12.5. The van der Waals surface area contributed by atoms with Crippen LogP contribution >= 0.6 is 0 Å². The molecular weight excluding hydrogens is 645 g/mol. The van der Waals surface area contributed by atoms with Crippen LogP contribution in [0.5, 0.6) is 11.5 Å². The van der Waals surface area contributed by atoms with Gasteiger partial charge in [-0.15, -0.1) is 0 Å². The number of para-hydroxylation sites is 2. The van der Waals surface area contributed by atoms with Crippen molar-refractivity contribution in [3.8, 4) is 33.8 Å². The first kappa shape index (κ1) is 35.7. The average Bonchev–Trinajstić information content (AvgIpc) is 3.22. The van der Waals surface area contributed by atoms with E-state index in [1.807, 2.05) is 159 Å². The minimum Gasteiger partial charge on any atom is -0.481 e. The Labute approximate surface area is 306 Å². The van der Waals surface area contributed by atoms with Gasteiger partial charge in [0.2, 0.25) is 0 Å². The smallest absolute Gasteiger partial charge is 0.268 e. The maximum atomic E-state index is 14.3. The number of hydrogen-bond acceptors (Lipinski definition) is 4. The molecular formula is C46H44N2O4. The lowest BCUT2D eigenvalue weighted by atomic mass is 10.1. The fraction of sp³-hybridized carbons (Fsp3) is 0.174. The Balaban J connectivity index is 1.20. The lowest BCUT2D eigenvalue weighted by Crippen LogP contribution is -2.49. The normalized spacial score (nSPS) is 12.0. The molecule has 0 aliphatic carbocycles. The molecule has 0 N–H and O–H groups in total. The second-order valence-electron chi connectivity index (χ2n) is 12.5. The third-order valence-corrected chi connectivity index (χ3v) is 8.99. The van der Waals surface area contributed by atoms with E-state index >= 15 is 0 Å². The lowest BCUT2D eigenvalue weighted by Gasteiger charge is -2.32. The molecule has 0 saturated heterocycles. The first-order valence-electron chi connectivity index (χ1n) is 17.9. The number of anilines is 2. The van der Waals surface area contributed by atoms with Crippen LogP contribution in [-0.4, -0.2) is 37.1 Å². The highest BCUT2D eigenvalue weighted by atomic mass is 16.5. The van der Waals surface area contributed by atoms with E-state index in [1.54, 1.807) is 9.80 Å². The van der Waals surface area contributed by atoms with Crippen LogP contribution < -0.4 is 19.3 Å². The van der Waals surface area contributed by atoms with Crippen molar-refractivity contribution in [1.82, 2.24) is 0 Å². The monoisotopic (exact) mass is 688 g/mol. The number of benzene rings is 6.